The van der Waals surface area contributed by atoms with Gasteiger partial charge in [0, 0.05) is 20.1 Å². The minimum Gasteiger partial charge on any atom is -0.460 e. The molecule has 0 bridgehead atoms. The number of ketones is 1. The van der Waals surface area contributed by atoms with E-state index in [1.54, 1.807) is 27.9 Å². The third kappa shape index (κ3) is 9.41. The van der Waals surface area contributed by atoms with E-state index in [-0.39, 0.29) is 12.2 Å². The Morgan fingerprint density at radius 3 is 2.27 bits per heavy atom. The van der Waals surface area contributed by atoms with Gasteiger partial charge < -0.3 is 9.47 Å². The number of methoxy groups -OCH3 is 1. The topological polar surface area (TPSA) is 52.6 Å². The summed E-state index contributed by atoms with van der Waals surface area (Å²) in [5.41, 5.74) is -0.524. The minimum atomic E-state index is -0.524. The third-order valence-electron chi connectivity index (χ3n) is 1.57. The molecule has 0 amide bonds. The zero-order chi connectivity index (χ0) is 11.9. The van der Waals surface area contributed by atoms with Gasteiger partial charge in [0.05, 0.1) is 0 Å². The molecule has 0 unspecified atom stereocenters. The van der Waals surface area contributed by atoms with Crippen molar-refractivity contribution in [1.29, 1.82) is 0 Å². The van der Waals surface area contributed by atoms with E-state index in [2.05, 4.69) is 0 Å². The highest BCUT2D eigenvalue weighted by molar-refractivity contribution is 5.95. The molecule has 0 aliphatic heterocycles. The lowest BCUT2D eigenvalue weighted by Gasteiger charge is -2.19. The summed E-state index contributed by atoms with van der Waals surface area (Å²) in [6, 6.07) is 0. The zero-order valence-electron chi connectivity index (χ0n) is 9.96. The number of Topliss-reactive ketones (excluding diaryl/α,β-unsaturated/α-hetero) is 1. The first-order valence-electron chi connectivity index (χ1n) is 5.07. The molecule has 4 nitrogen and oxygen atoms in total. The van der Waals surface area contributed by atoms with E-state index >= 15 is 0 Å². The van der Waals surface area contributed by atoms with Gasteiger partial charge in [-0.25, -0.2) is 0 Å². The average Bonchev–Trinajstić information content (AvgIpc) is 2.00. The highest BCUT2D eigenvalue weighted by Crippen LogP contribution is 2.09. The molecule has 0 fully saturated rings. The summed E-state index contributed by atoms with van der Waals surface area (Å²) < 4.78 is 9.83. The SMILES string of the molecule is COCCCC(=O)CC(=O)OC(C)(C)C. The Labute approximate surface area is 90.9 Å². The molecule has 0 rings (SSSR count). The van der Waals surface area contributed by atoms with Gasteiger partial charge in [-0.2, -0.15) is 0 Å². The molecule has 0 atom stereocenters. The Bertz CT molecular complexity index is 215. The van der Waals surface area contributed by atoms with Crippen molar-refractivity contribution in [2.24, 2.45) is 0 Å². The van der Waals surface area contributed by atoms with E-state index in [9.17, 15) is 9.59 Å². The van der Waals surface area contributed by atoms with Crippen molar-refractivity contribution in [2.45, 2.75) is 45.6 Å². The van der Waals surface area contributed by atoms with Gasteiger partial charge in [-0.3, -0.25) is 9.59 Å². The van der Waals surface area contributed by atoms with E-state index in [0.717, 1.165) is 0 Å². The minimum absolute atomic E-state index is 0.0960. The van der Waals surface area contributed by atoms with Crippen LogP contribution >= 0.6 is 0 Å². The fourth-order valence-corrected chi connectivity index (χ4v) is 1.04. The standard InChI is InChI=1S/C11H20O4/c1-11(2,3)15-10(13)8-9(12)6-5-7-14-4/h5-8H2,1-4H3. The summed E-state index contributed by atoms with van der Waals surface area (Å²) in [5.74, 6) is -0.550. The molecule has 88 valence electrons. The van der Waals surface area contributed by atoms with E-state index in [1.807, 2.05) is 0 Å². The third-order valence-corrected chi connectivity index (χ3v) is 1.57. The summed E-state index contributed by atoms with van der Waals surface area (Å²) >= 11 is 0. The fraction of sp³-hybridized carbons (Fsp3) is 0.818. The van der Waals surface area contributed by atoms with Gasteiger partial charge in [-0.05, 0) is 27.2 Å². The van der Waals surface area contributed by atoms with Gasteiger partial charge in [-0.15, -0.1) is 0 Å². The van der Waals surface area contributed by atoms with Crippen LogP contribution < -0.4 is 0 Å². The highest BCUT2D eigenvalue weighted by atomic mass is 16.6. The zero-order valence-corrected chi connectivity index (χ0v) is 9.96. The lowest BCUT2D eigenvalue weighted by atomic mass is 10.1. The highest BCUT2D eigenvalue weighted by Gasteiger charge is 2.18. The Kier molecular flexibility index (Phi) is 6.17. The Morgan fingerprint density at radius 1 is 1.20 bits per heavy atom. The van der Waals surface area contributed by atoms with E-state index in [0.29, 0.717) is 19.4 Å². The molecular weight excluding hydrogens is 196 g/mol. The van der Waals surface area contributed by atoms with Crippen molar-refractivity contribution < 1.29 is 19.1 Å². The van der Waals surface area contributed by atoms with Gasteiger partial charge in [0.15, 0.2) is 0 Å². The quantitative estimate of drug-likeness (QED) is 0.385. The molecular formula is C11H20O4. The van der Waals surface area contributed by atoms with Gasteiger partial charge in [0.2, 0.25) is 0 Å². The van der Waals surface area contributed by atoms with Crippen LogP contribution in [0.1, 0.15) is 40.0 Å². The molecule has 0 saturated heterocycles. The molecule has 4 heteroatoms. The van der Waals surface area contributed by atoms with Gasteiger partial charge in [0.25, 0.3) is 0 Å². The smallest absolute Gasteiger partial charge is 0.313 e. The van der Waals surface area contributed by atoms with E-state index < -0.39 is 11.6 Å². The molecule has 0 N–H and O–H groups in total. The van der Waals surface area contributed by atoms with Crippen molar-refractivity contribution in [3.63, 3.8) is 0 Å². The first kappa shape index (κ1) is 14.1. The predicted molar refractivity (Wildman–Crippen MR) is 56.6 cm³/mol. The van der Waals surface area contributed by atoms with Crippen LogP contribution in [0.3, 0.4) is 0 Å². The van der Waals surface area contributed by atoms with E-state index in [1.165, 1.54) is 0 Å². The van der Waals surface area contributed by atoms with Gasteiger partial charge in [-0.1, -0.05) is 0 Å². The van der Waals surface area contributed by atoms with Crippen molar-refractivity contribution in [3.05, 3.63) is 0 Å². The van der Waals surface area contributed by atoms with E-state index in [4.69, 9.17) is 9.47 Å². The van der Waals surface area contributed by atoms with Crippen LogP contribution in [0.2, 0.25) is 0 Å². The largest absolute Gasteiger partial charge is 0.460 e. The van der Waals surface area contributed by atoms with Crippen LogP contribution in [0.4, 0.5) is 0 Å². The number of esters is 1. The molecule has 0 heterocycles. The second-order valence-corrected chi connectivity index (χ2v) is 4.40. The van der Waals surface area contributed by atoms with Crippen LogP contribution in [0.15, 0.2) is 0 Å². The number of hydrogen-bond donors (Lipinski definition) is 0. The number of carbonyl (C=O) groups excluding carboxylic acids is 2. The van der Waals surface area contributed by atoms with Crippen LogP contribution in [0.25, 0.3) is 0 Å². The summed E-state index contributed by atoms with van der Waals surface area (Å²) in [4.78, 5) is 22.5. The maximum atomic E-state index is 11.3. The Balaban J connectivity index is 3.72. The molecule has 0 aliphatic carbocycles. The molecule has 0 aromatic rings. The summed E-state index contributed by atoms with van der Waals surface area (Å²) in [6.45, 7) is 5.88. The first-order chi connectivity index (χ1) is 6.85. The van der Waals surface area contributed by atoms with Crippen LogP contribution in [0.5, 0.6) is 0 Å². The maximum Gasteiger partial charge on any atom is 0.313 e. The van der Waals surface area contributed by atoms with Crippen molar-refractivity contribution >= 4 is 11.8 Å². The van der Waals surface area contributed by atoms with Gasteiger partial charge >= 0.3 is 5.97 Å². The Morgan fingerprint density at radius 2 is 1.80 bits per heavy atom. The monoisotopic (exact) mass is 216 g/mol. The van der Waals surface area contributed by atoms with Crippen LogP contribution in [-0.4, -0.2) is 31.1 Å². The van der Waals surface area contributed by atoms with Crippen molar-refractivity contribution in [1.82, 2.24) is 0 Å². The summed E-state index contributed by atoms with van der Waals surface area (Å²) in [7, 11) is 1.58. The molecule has 0 aromatic heterocycles. The van der Waals surface area contributed by atoms with Gasteiger partial charge in [0.1, 0.15) is 17.8 Å². The average molecular weight is 216 g/mol. The van der Waals surface area contributed by atoms with Crippen molar-refractivity contribution in [3.8, 4) is 0 Å². The lowest BCUT2D eigenvalue weighted by molar-refractivity contribution is -0.156. The van der Waals surface area contributed by atoms with Crippen molar-refractivity contribution in [2.75, 3.05) is 13.7 Å². The predicted octanol–water partition coefficient (Wildman–Crippen LogP) is 1.71. The molecule has 0 aromatic carbocycles. The summed E-state index contributed by atoms with van der Waals surface area (Å²) in [5, 5.41) is 0. The number of ether oxygens (including phenoxy) is 2. The molecule has 0 spiro atoms. The molecule has 0 aliphatic rings. The molecule has 15 heavy (non-hydrogen) atoms. The number of rotatable bonds is 6. The Hall–Kier alpha value is -0.900. The first-order valence-corrected chi connectivity index (χ1v) is 5.07. The normalized spacial score (nSPS) is 11.2. The fourth-order valence-electron chi connectivity index (χ4n) is 1.04. The number of hydrogen-bond acceptors (Lipinski definition) is 4. The molecule has 0 radical (unpaired) electrons. The lowest BCUT2D eigenvalue weighted by Crippen LogP contribution is -2.25. The second kappa shape index (κ2) is 6.56. The second-order valence-electron chi connectivity index (χ2n) is 4.40. The maximum absolute atomic E-state index is 11.3. The van der Waals surface area contributed by atoms with Crippen LogP contribution in [0, 0.1) is 0 Å². The summed E-state index contributed by atoms with van der Waals surface area (Å²) in [6.07, 6.45) is 0.881. The van der Waals surface area contributed by atoms with Crippen LogP contribution in [-0.2, 0) is 19.1 Å². The molecule has 0 saturated carbocycles. The number of carbonyl (C=O) groups is 2.